The van der Waals surface area contributed by atoms with E-state index in [2.05, 4.69) is 17.9 Å². The number of nitrogens with two attached hydrogens (primary N) is 1. The molecule has 1 fully saturated rings. The van der Waals surface area contributed by atoms with Crippen LogP contribution in [0.25, 0.3) is 0 Å². The van der Waals surface area contributed by atoms with Gasteiger partial charge in [-0.05, 0) is 43.0 Å². The van der Waals surface area contributed by atoms with Crippen LogP contribution in [0.3, 0.4) is 0 Å². The molecule has 0 radical (unpaired) electrons. The maximum Gasteiger partial charge on any atom is 0.123 e. The van der Waals surface area contributed by atoms with Crippen molar-refractivity contribution in [2.75, 3.05) is 20.2 Å². The van der Waals surface area contributed by atoms with E-state index in [1.54, 1.807) is 7.11 Å². The van der Waals surface area contributed by atoms with Gasteiger partial charge in [0.1, 0.15) is 5.75 Å². The second-order valence-electron chi connectivity index (χ2n) is 5.12. The standard InChI is InChI=1S/C15H24N2O/c1-3-17(10-12-4-5-12)11-14-8-13(9-16)6-7-15(14)18-2/h6-8,12H,3-5,9-11,16H2,1-2H3. The van der Waals surface area contributed by atoms with Crippen LogP contribution in [-0.4, -0.2) is 25.1 Å². The van der Waals surface area contributed by atoms with Crippen molar-refractivity contribution in [3.05, 3.63) is 29.3 Å². The summed E-state index contributed by atoms with van der Waals surface area (Å²) in [7, 11) is 1.73. The van der Waals surface area contributed by atoms with Crippen LogP contribution in [0.2, 0.25) is 0 Å². The van der Waals surface area contributed by atoms with Crippen molar-refractivity contribution >= 4 is 0 Å². The normalized spacial score (nSPS) is 15.1. The second-order valence-corrected chi connectivity index (χ2v) is 5.12. The highest BCUT2D eigenvalue weighted by molar-refractivity contribution is 5.37. The lowest BCUT2D eigenvalue weighted by Gasteiger charge is -2.22. The zero-order valence-corrected chi connectivity index (χ0v) is 11.5. The predicted molar refractivity (Wildman–Crippen MR) is 74.6 cm³/mol. The summed E-state index contributed by atoms with van der Waals surface area (Å²) in [6.07, 6.45) is 2.80. The van der Waals surface area contributed by atoms with E-state index in [-0.39, 0.29) is 0 Å². The molecule has 1 aliphatic rings. The van der Waals surface area contributed by atoms with Gasteiger partial charge in [0.05, 0.1) is 7.11 Å². The number of hydrogen-bond donors (Lipinski definition) is 1. The van der Waals surface area contributed by atoms with Gasteiger partial charge in [-0.3, -0.25) is 4.90 Å². The Morgan fingerprint density at radius 1 is 1.39 bits per heavy atom. The van der Waals surface area contributed by atoms with Gasteiger partial charge in [-0.1, -0.05) is 13.0 Å². The molecule has 0 unspecified atom stereocenters. The van der Waals surface area contributed by atoms with E-state index in [1.807, 2.05) is 12.1 Å². The average Bonchev–Trinajstić information content (AvgIpc) is 3.21. The molecule has 0 heterocycles. The largest absolute Gasteiger partial charge is 0.496 e. The van der Waals surface area contributed by atoms with Crippen molar-refractivity contribution < 1.29 is 4.74 Å². The summed E-state index contributed by atoms with van der Waals surface area (Å²) in [5.74, 6) is 1.90. The summed E-state index contributed by atoms with van der Waals surface area (Å²) in [4.78, 5) is 2.50. The number of ether oxygens (including phenoxy) is 1. The molecule has 2 rings (SSSR count). The molecule has 2 N–H and O–H groups in total. The van der Waals surface area contributed by atoms with Crippen LogP contribution in [0.5, 0.6) is 5.75 Å². The summed E-state index contributed by atoms with van der Waals surface area (Å²) < 4.78 is 5.44. The second kappa shape index (κ2) is 6.21. The van der Waals surface area contributed by atoms with Gasteiger partial charge in [-0.2, -0.15) is 0 Å². The van der Waals surface area contributed by atoms with E-state index >= 15 is 0 Å². The minimum atomic E-state index is 0.589. The van der Waals surface area contributed by atoms with Gasteiger partial charge < -0.3 is 10.5 Å². The molecule has 0 aliphatic heterocycles. The average molecular weight is 248 g/mol. The van der Waals surface area contributed by atoms with Crippen molar-refractivity contribution in [2.45, 2.75) is 32.9 Å². The fourth-order valence-corrected chi connectivity index (χ4v) is 2.29. The number of hydrogen-bond acceptors (Lipinski definition) is 3. The summed E-state index contributed by atoms with van der Waals surface area (Å²) in [6.45, 7) is 6.08. The van der Waals surface area contributed by atoms with Crippen LogP contribution < -0.4 is 10.5 Å². The zero-order chi connectivity index (χ0) is 13.0. The van der Waals surface area contributed by atoms with Gasteiger partial charge in [-0.25, -0.2) is 0 Å². The fourth-order valence-electron chi connectivity index (χ4n) is 2.29. The topological polar surface area (TPSA) is 38.5 Å². The Hall–Kier alpha value is -1.06. The molecule has 0 spiro atoms. The molecule has 18 heavy (non-hydrogen) atoms. The smallest absolute Gasteiger partial charge is 0.123 e. The zero-order valence-electron chi connectivity index (χ0n) is 11.5. The van der Waals surface area contributed by atoms with Crippen LogP contribution in [0, 0.1) is 5.92 Å². The van der Waals surface area contributed by atoms with Gasteiger partial charge in [-0.15, -0.1) is 0 Å². The van der Waals surface area contributed by atoms with Crippen LogP contribution in [0.15, 0.2) is 18.2 Å². The van der Waals surface area contributed by atoms with Gasteiger partial charge in [0.15, 0.2) is 0 Å². The Bertz CT molecular complexity index is 388. The van der Waals surface area contributed by atoms with Crippen LogP contribution in [0.1, 0.15) is 30.9 Å². The maximum absolute atomic E-state index is 5.71. The highest BCUT2D eigenvalue weighted by atomic mass is 16.5. The van der Waals surface area contributed by atoms with Crippen LogP contribution in [0.4, 0.5) is 0 Å². The van der Waals surface area contributed by atoms with E-state index in [0.29, 0.717) is 6.54 Å². The van der Waals surface area contributed by atoms with E-state index < -0.39 is 0 Å². The minimum Gasteiger partial charge on any atom is -0.496 e. The fraction of sp³-hybridized carbons (Fsp3) is 0.600. The minimum absolute atomic E-state index is 0.589. The Morgan fingerprint density at radius 2 is 2.17 bits per heavy atom. The first-order chi connectivity index (χ1) is 8.76. The van der Waals surface area contributed by atoms with Crippen molar-refractivity contribution in [3.63, 3.8) is 0 Å². The third kappa shape index (κ3) is 3.47. The summed E-state index contributed by atoms with van der Waals surface area (Å²) in [5.41, 5.74) is 8.14. The van der Waals surface area contributed by atoms with Gasteiger partial charge in [0, 0.05) is 25.2 Å². The molecule has 100 valence electrons. The van der Waals surface area contributed by atoms with Gasteiger partial charge in [0.2, 0.25) is 0 Å². The Kier molecular flexibility index (Phi) is 4.61. The highest BCUT2D eigenvalue weighted by Crippen LogP contribution is 2.31. The van der Waals surface area contributed by atoms with E-state index in [4.69, 9.17) is 10.5 Å². The highest BCUT2D eigenvalue weighted by Gasteiger charge is 2.24. The number of methoxy groups -OCH3 is 1. The van der Waals surface area contributed by atoms with Crippen molar-refractivity contribution in [2.24, 2.45) is 11.7 Å². The lowest BCUT2D eigenvalue weighted by atomic mass is 10.1. The van der Waals surface area contributed by atoms with Gasteiger partial charge >= 0.3 is 0 Å². The molecule has 3 heteroatoms. The maximum atomic E-state index is 5.71. The Morgan fingerprint density at radius 3 is 2.72 bits per heavy atom. The lowest BCUT2D eigenvalue weighted by molar-refractivity contribution is 0.263. The molecule has 3 nitrogen and oxygen atoms in total. The quantitative estimate of drug-likeness (QED) is 0.805. The van der Waals surface area contributed by atoms with Crippen molar-refractivity contribution in [1.82, 2.24) is 4.90 Å². The predicted octanol–water partition coefficient (Wildman–Crippen LogP) is 2.39. The molecule has 1 aliphatic carbocycles. The monoisotopic (exact) mass is 248 g/mol. The van der Waals surface area contributed by atoms with Crippen molar-refractivity contribution in [3.8, 4) is 5.75 Å². The number of rotatable bonds is 7. The number of benzene rings is 1. The molecule has 1 saturated carbocycles. The molecule has 0 saturated heterocycles. The lowest BCUT2D eigenvalue weighted by Crippen LogP contribution is -2.25. The molecule has 0 bridgehead atoms. The molecule has 0 aromatic heterocycles. The first-order valence-corrected chi connectivity index (χ1v) is 6.85. The molecular formula is C15H24N2O. The third-order valence-corrected chi connectivity index (χ3v) is 3.64. The summed E-state index contributed by atoms with van der Waals surface area (Å²) in [5, 5.41) is 0. The SMILES string of the molecule is CCN(Cc1cc(CN)ccc1OC)CC1CC1. The van der Waals surface area contributed by atoms with E-state index in [0.717, 1.165) is 24.8 Å². The van der Waals surface area contributed by atoms with Crippen LogP contribution >= 0.6 is 0 Å². The molecular weight excluding hydrogens is 224 g/mol. The molecule has 1 aromatic carbocycles. The van der Waals surface area contributed by atoms with Gasteiger partial charge in [0.25, 0.3) is 0 Å². The van der Waals surface area contributed by atoms with Crippen molar-refractivity contribution in [1.29, 1.82) is 0 Å². The van der Waals surface area contributed by atoms with Crippen LogP contribution in [-0.2, 0) is 13.1 Å². The molecule has 0 atom stereocenters. The summed E-state index contributed by atoms with van der Waals surface area (Å²) >= 11 is 0. The molecule has 0 amide bonds. The summed E-state index contributed by atoms with van der Waals surface area (Å²) in [6, 6.07) is 6.25. The third-order valence-electron chi connectivity index (χ3n) is 3.64. The van der Waals surface area contributed by atoms with E-state index in [1.165, 1.54) is 30.5 Å². The van der Waals surface area contributed by atoms with E-state index in [9.17, 15) is 0 Å². The first kappa shape index (κ1) is 13.4. The Balaban J connectivity index is 2.08. The Labute approximate surface area is 110 Å². The first-order valence-electron chi connectivity index (χ1n) is 6.85. The number of nitrogens with zero attached hydrogens (tertiary/aromatic N) is 1. The molecule has 1 aromatic rings.